The maximum absolute atomic E-state index is 12.5. The van der Waals surface area contributed by atoms with Crippen LogP contribution in [-0.2, 0) is 14.3 Å². The number of amides is 1. The van der Waals surface area contributed by atoms with Crippen molar-refractivity contribution in [1.82, 2.24) is 5.32 Å². The van der Waals surface area contributed by atoms with Gasteiger partial charge in [-0.05, 0) is 25.7 Å². The van der Waals surface area contributed by atoms with Gasteiger partial charge in [-0.3, -0.25) is 9.59 Å². The second kappa shape index (κ2) is 63.4. The molecule has 0 aliphatic carbocycles. The number of ether oxygens (including phenoxy) is 1. The van der Waals surface area contributed by atoms with E-state index in [2.05, 4.69) is 19.2 Å². The van der Waals surface area contributed by atoms with Crippen LogP contribution in [0.1, 0.15) is 393 Å². The molecule has 73 heavy (non-hydrogen) atoms. The van der Waals surface area contributed by atoms with Gasteiger partial charge in [0, 0.05) is 12.8 Å². The van der Waals surface area contributed by atoms with Crippen LogP contribution in [0.3, 0.4) is 0 Å². The molecule has 0 aromatic rings. The number of unbranched alkanes of at least 4 members (excludes halogenated alkanes) is 53. The maximum Gasteiger partial charge on any atom is 0.305 e. The zero-order chi connectivity index (χ0) is 52.9. The fourth-order valence-corrected chi connectivity index (χ4v) is 11.0. The van der Waals surface area contributed by atoms with Gasteiger partial charge < -0.3 is 20.3 Å². The summed E-state index contributed by atoms with van der Waals surface area (Å²) >= 11 is 0. The summed E-state index contributed by atoms with van der Waals surface area (Å²) in [6.45, 7) is 4.98. The third kappa shape index (κ3) is 60.0. The SMILES string of the molecule is CCCCCCCCCCCCCCC(=O)OCCCCCCCCCCCCCCCCCCCCCCCCCCCCCCCCCCCC(=O)NC(CO)C(O)CCCCCCCCCCCCC. The highest BCUT2D eigenvalue weighted by Gasteiger charge is 2.20. The zero-order valence-corrected chi connectivity index (χ0v) is 49.9. The predicted molar refractivity (Wildman–Crippen MR) is 320 cm³/mol. The Morgan fingerprint density at radius 2 is 0.562 bits per heavy atom. The average Bonchev–Trinajstić information content (AvgIpc) is 3.39. The minimum absolute atomic E-state index is 0.0232. The van der Waals surface area contributed by atoms with Gasteiger partial charge in [0.2, 0.25) is 5.91 Å². The lowest BCUT2D eigenvalue weighted by Crippen LogP contribution is -2.45. The van der Waals surface area contributed by atoms with Gasteiger partial charge in [-0.1, -0.05) is 354 Å². The fraction of sp³-hybridized carbons (Fsp3) is 0.970. The molecule has 0 saturated heterocycles. The molecule has 0 heterocycles. The highest BCUT2D eigenvalue weighted by molar-refractivity contribution is 5.76. The second-order valence-corrected chi connectivity index (χ2v) is 23.5. The highest BCUT2D eigenvalue weighted by Crippen LogP contribution is 2.19. The summed E-state index contributed by atoms with van der Waals surface area (Å²) in [5.74, 6) is -0.00548. The number of carbonyl (C=O) groups excluding carboxylic acids is 2. The molecule has 3 N–H and O–H groups in total. The van der Waals surface area contributed by atoms with E-state index in [-0.39, 0.29) is 18.5 Å². The maximum atomic E-state index is 12.5. The molecule has 0 saturated carbocycles. The van der Waals surface area contributed by atoms with Gasteiger partial charge in [0.05, 0.1) is 25.4 Å². The topological polar surface area (TPSA) is 95.9 Å². The third-order valence-electron chi connectivity index (χ3n) is 16.2. The van der Waals surface area contributed by atoms with Gasteiger partial charge in [0.1, 0.15) is 0 Å². The number of aliphatic hydroxyl groups is 2. The molecule has 1 amide bonds. The molecular formula is C67H133NO5. The van der Waals surface area contributed by atoms with Crippen molar-refractivity contribution < 1.29 is 24.5 Å². The van der Waals surface area contributed by atoms with Gasteiger partial charge in [-0.15, -0.1) is 0 Å². The lowest BCUT2D eigenvalue weighted by molar-refractivity contribution is -0.143. The Hall–Kier alpha value is -1.14. The normalized spacial score (nSPS) is 12.4. The second-order valence-electron chi connectivity index (χ2n) is 23.5. The first kappa shape index (κ1) is 71.9. The van der Waals surface area contributed by atoms with Gasteiger partial charge >= 0.3 is 5.97 Å². The molecule has 6 nitrogen and oxygen atoms in total. The summed E-state index contributed by atoms with van der Waals surface area (Å²) in [6, 6.07) is -0.535. The Balaban J connectivity index is 3.28. The number of hydrogen-bond donors (Lipinski definition) is 3. The van der Waals surface area contributed by atoms with Crippen molar-refractivity contribution >= 4 is 11.9 Å². The zero-order valence-electron chi connectivity index (χ0n) is 49.9. The molecule has 2 unspecified atom stereocenters. The lowest BCUT2D eigenvalue weighted by Gasteiger charge is -2.22. The van der Waals surface area contributed by atoms with E-state index >= 15 is 0 Å². The minimum Gasteiger partial charge on any atom is -0.466 e. The smallest absolute Gasteiger partial charge is 0.305 e. The molecule has 0 radical (unpaired) electrons. The molecule has 0 aromatic heterocycles. The summed E-state index contributed by atoms with van der Waals surface area (Å²) in [7, 11) is 0. The Labute approximate surface area is 457 Å². The molecule has 0 spiro atoms. The van der Waals surface area contributed by atoms with Crippen molar-refractivity contribution in [3.05, 3.63) is 0 Å². The van der Waals surface area contributed by atoms with E-state index < -0.39 is 12.1 Å². The Morgan fingerprint density at radius 1 is 0.329 bits per heavy atom. The van der Waals surface area contributed by atoms with Crippen molar-refractivity contribution in [3.8, 4) is 0 Å². The average molecular weight is 1030 g/mol. The summed E-state index contributed by atoms with van der Waals surface area (Å²) in [5.41, 5.74) is 0. The third-order valence-corrected chi connectivity index (χ3v) is 16.2. The predicted octanol–water partition coefficient (Wildman–Crippen LogP) is 21.4. The van der Waals surface area contributed by atoms with E-state index in [4.69, 9.17) is 4.74 Å². The van der Waals surface area contributed by atoms with E-state index in [9.17, 15) is 19.8 Å². The molecule has 0 rings (SSSR count). The molecule has 2 atom stereocenters. The van der Waals surface area contributed by atoms with Crippen LogP contribution < -0.4 is 5.32 Å². The number of aliphatic hydroxyl groups excluding tert-OH is 2. The van der Waals surface area contributed by atoms with Gasteiger partial charge in [-0.2, -0.15) is 0 Å². The first-order chi connectivity index (χ1) is 36.0. The summed E-state index contributed by atoms with van der Waals surface area (Å²) in [5, 5.41) is 23.2. The summed E-state index contributed by atoms with van der Waals surface area (Å²) in [6.07, 6.45) is 75.9. The Morgan fingerprint density at radius 3 is 0.836 bits per heavy atom. The molecule has 0 bridgehead atoms. The number of rotatable bonds is 64. The number of carbonyl (C=O) groups is 2. The van der Waals surface area contributed by atoms with E-state index in [1.54, 1.807) is 0 Å². The largest absolute Gasteiger partial charge is 0.466 e. The first-order valence-corrected chi connectivity index (χ1v) is 33.8. The number of nitrogens with one attached hydrogen (secondary N) is 1. The highest BCUT2D eigenvalue weighted by atomic mass is 16.5. The summed E-state index contributed by atoms with van der Waals surface area (Å²) < 4.78 is 5.48. The van der Waals surface area contributed by atoms with E-state index in [1.807, 2.05) is 0 Å². The molecular weight excluding hydrogens is 899 g/mol. The van der Waals surface area contributed by atoms with Crippen LogP contribution in [0, 0.1) is 0 Å². The minimum atomic E-state index is -0.658. The van der Waals surface area contributed by atoms with Crippen molar-refractivity contribution in [3.63, 3.8) is 0 Å². The van der Waals surface area contributed by atoms with Gasteiger partial charge in [0.25, 0.3) is 0 Å². The van der Waals surface area contributed by atoms with Crippen LogP contribution in [0.15, 0.2) is 0 Å². The monoisotopic (exact) mass is 1030 g/mol. The van der Waals surface area contributed by atoms with Crippen LogP contribution in [-0.4, -0.2) is 47.4 Å². The quantitative estimate of drug-likeness (QED) is 0.0417. The molecule has 0 aliphatic rings. The van der Waals surface area contributed by atoms with Crippen molar-refractivity contribution in [1.29, 1.82) is 0 Å². The first-order valence-electron chi connectivity index (χ1n) is 33.8. The van der Waals surface area contributed by atoms with Crippen LogP contribution in [0.4, 0.5) is 0 Å². The van der Waals surface area contributed by atoms with Crippen LogP contribution in [0.5, 0.6) is 0 Å². The number of esters is 1. The van der Waals surface area contributed by atoms with E-state index in [0.717, 1.165) is 38.5 Å². The van der Waals surface area contributed by atoms with E-state index in [0.29, 0.717) is 25.9 Å². The van der Waals surface area contributed by atoms with E-state index in [1.165, 1.54) is 321 Å². The van der Waals surface area contributed by atoms with Crippen LogP contribution in [0.25, 0.3) is 0 Å². The van der Waals surface area contributed by atoms with Crippen molar-refractivity contribution in [2.24, 2.45) is 0 Å². The fourth-order valence-electron chi connectivity index (χ4n) is 11.0. The molecule has 436 valence electrons. The number of hydrogen-bond acceptors (Lipinski definition) is 5. The van der Waals surface area contributed by atoms with Gasteiger partial charge in [0.15, 0.2) is 0 Å². The standard InChI is InChI=1S/C67H133NO5/c1-3-5-7-9-11-13-15-41-45-49-53-57-61-67(72)73-62-58-54-50-46-42-38-36-34-32-30-28-26-24-22-20-18-16-17-19-21-23-25-27-29-31-33-35-37-40-44-48-52-56-60-66(71)68-64(63-69)65(70)59-55-51-47-43-39-14-12-10-8-6-4-2/h64-65,69-70H,3-63H2,1-2H3,(H,68,71). The lowest BCUT2D eigenvalue weighted by atomic mass is 10.0. The van der Waals surface area contributed by atoms with Crippen LogP contribution in [0.2, 0.25) is 0 Å². The molecule has 0 aromatic carbocycles. The molecule has 0 fully saturated rings. The Kier molecular flexibility index (Phi) is 62.4. The molecule has 6 heteroatoms. The van der Waals surface area contributed by atoms with Crippen molar-refractivity contribution in [2.45, 2.75) is 405 Å². The molecule has 0 aliphatic heterocycles. The van der Waals surface area contributed by atoms with Gasteiger partial charge in [-0.25, -0.2) is 0 Å². The summed E-state index contributed by atoms with van der Waals surface area (Å²) in [4.78, 5) is 24.5. The van der Waals surface area contributed by atoms with Crippen LogP contribution >= 0.6 is 0 Å². The van der Waals surface area contributed by atoms with Crippen molar-refractivity contribution in [2.75, 3.05) is 13.2 Å². The Bertz CT molecular complexity index is 1050.